The molecule has 0 radical (unpaired) electrons. The molecule has 139 heavy (non-hydrogen) atoms. The zero-order valence-corrected chi connectivity index (χ0v) is 82.6. The Balaban J connectivity index is 0.000000295. The molecular formula is C87H150N8O38S6. The Hall–Kier alpha value is -3.58. The molecule has 46 nitrogen and oxygen atoms in total. The number of rotatable bonds is 52. The third-order valence-corrected chi connectivity index (χ3v) is 30.9. The number of nitrogens with one attached hydrogen (secondary N) is 4. The van der Waals surface area contributed by atoms with Crippen LogP contribution in [-0.2, 0) is 65.2 Å². The molecule has 10 heterocycles. The quantitative estimate of drug-likeness (QED) is 0.0184. The fraction of sp³-hybridized carbons (Fsp3) is 0.816. The van der Waals surface area contributed by atoms with E-state index in [4.69, 9.17) is 80.7 Å². The maximum atomic E-state index is 12.0. The molecule has 0 aliphatic carbocycles. The number of H-pyrrole nitrogens is 3. The van der Waals surface area contributed by atoms with E-state index in [0.717, 1.165) is 62.9 Å². The third-order valence-electron chi connectivity index (χ3n) is 23.5. The van der Waals surface area contributed by atoms with E-state index in [9.17, 15) is 121 Å². The number of nitrogens with two attached hydrogens (primary N) is 2. The maximum Gasteiger partial charge on any atom is 0.178 e. The Morgan fingerprint density at radius 3 is 0.964 bits per heavy atom. The van der Waals surface area contributed by atoms with Crippen LogP contribution in [-0.4, -0.2) is 483 Å². The minimum atomic E-state index is -1.37. The van der Waals surface area contributed by atoms with E-state index in [1.54, 1.807) is 43.4 Å². The fourth-order valence-electron chi connectivity index (χ4n) is 14.7. The predicted octanol–water partition coefficient (Wildman–Crippen LogP) is -7.09. The molecule has 3 aromatic heterocycles. The van der Waals surface area contributed by atoms with E-state index in [1.807, 2.05) is 0 Å². The van der Waals surface area contributed by atoms with Gasteiger partial charge in [-0.25, -0.2) is 9.97 Å². The molecule has 0 amide bonds. The summed E-state index contributed by atoms with van der Waals surface area (Å²) in [5.74, 6) is 3.77. The van der Waals surface area contributed by atoms with E-state index in [1.165, 1.54) is 77.5 Å². The molecule has 10 rings (SSSR count). The number of nitrogens with zero attached hydrogens (tertiary/aromatic N) is 2. The van der Waals surface area contributed by atoms with Gasteiger partial charge in [0.05, 0.1) is 82.7 Å². The van der Waals surface area contributed by atoms with Crippen LogP contribution in [0.5, 0.6) is 0 Å². The van der Waals surface area contributed by atoms with Gasteiger partial charge in [-0.15, -0.1) is 70.6 Å². The third kappa shape index (κ3) is 42.9. The molecule has 0 bridgehead atoms. The van der Waals surface area contributed by atoms with Gasteiger partial charge < -0.3 is 193 Å². The summed E-state index contributed by atoms with van der Waals surface area (Å²) in [4.78, 5) is 86.5. The van der Waals surface area contributed by atoms with E-state index >= 15 is 0 Å². The molecule has 7 aliphatic heterocycles. The number of Topliss-reactive ketones (excluding diaryl/α,β-unsaturated/α-hetero) is 6. The Morgan fingerprint density at radius 1 is 0.381 bits per heavy atom. The molecule has 34 atom stereocenters. The molecule has 0 aromatic carbocycles. The summed E-state index contributed by atoms with van der Waals surface area (Å²) in [6.45, 7) is -0.598. The largest absolute Gasteiger partial charge is 0.394 e. The number of carbonyl (C=O) groups is 6. The van der Waals surface area contributed by atoms with Crippen LogP contribution in [0.15, 0.2) is 43.4 Å². The molecule has 0 saturated carbocycles. The van der Waals surface area contributed by atoms with Crippen LogP contribution in [0.2, 0.25) is 0 Å². The van der Waals surface area contributed by atoms with Crippen molar-refractivity contribution in [2.24, 2.45) is 11.5 Å². The molecular weight excluding hydrogens is 1960 g/mol. The zero-order chi connectivity index (χ0) is 103. The average molecular weight is 2110 g/mol. The SMILES string of the molecule is C[C@H](O)C(=O)CCCCSC1OC(CO)C(O)C(O)C1O.N[C@@H](CO)C(=O)CCCCSC1OC(CO)C(O)C(O)C1O.N[C@H](Cc1cnc[nH]1)C(=O)CCCCSC1OC(CO)C(O)C(O)C1O.O=C(CCCCSC1OC(CO)C(O)C(O)C1O)C1CCCN1.O=C(CCCCSC1OC(CO)C(O)C(O)C1O)Cc1cnc[nH]1.O=C(CCCCSC1OC(CO)C(O)C(O)C1O)c1ccc[nH]1. The molecule has 3 aromatic rings. The summed E-state index contributed by atoms with van der Waals surface area (Å²) in [6, 6.07) is 2.15. The van der Waals surface area contributed by atoms with Gasteiger partial charge in [-0.3, -0.25) is 28.8 Å². The van der Waals surface area contributed by atoms with E-state index in [0.29, 0.717) is 130 Å². The minimum absolute atomic E-state index is 0.0163. The van der Waals surface area contributed by atoms with Gasteiger partial charge in [0.2, 0.25) is 0 Å². The summed E-state index contributed by atoms with van der Waals surface area (Å²) in [5, 5.41) is 251. The Bertz CT molecular complexity index is 3780. The highest BCUT2D eigenvalue weighted by atomic mass is 32.2. The van der Waals surface area contributed by atoms with E-state index in [2.05, 4.69) is 30.2 Å². The highest BCUT2D eigenvalue weighted by molar-refractivity contribution is 8.00. The number of hydrogen-bond acceptors (Lipinski definition) is 49. The van der Waals surface area contributed by atoms with E-state index < -0.39 is 237 Å². The number of aromatic nitrogens is 5. The first kappa shape index (κ1) is 126. The number of ketones is 6. The lowest BCUT2D eigenvalue weighted by Crippen LogP contribution is -2.57. The lowest BCUT2D eigenvalue weighted by molar-refractivity contribution is -0.205. The highest BCUT2D eigenvalue weighted by Gasteiger charge is 2.49. The van der Waals surface area contributed by atoms with Crippen molar-refractivity contribution in [2.45, 2.75) is 352 Å². The Morgan fingerprint density at radius 2 is 0.683 bits per heavy atom. The molecule has 802 valence electrons. The number of carbonyl (C=O) groups excluding carboxylic acids is 6. The average Bonchev–Trinajstić information content (AvgIpc) is 0.916. The first-order valence-electron chi connectivity index (χ1n) is 46.6. The van der Waals surface area contributed by atoms with Gasteiger partial charge in [-0.2, -0.15) is 0 Å². The lowest BCUT2D eigenvalue weighted by Gasteiger charge is -2.39. The van der Waals surface area contributed by atoms with Crippen LogP contribution in [0.4, 0.5) is 0 Å². The molecule has 7 fully saturated rings. The second-order valence-electron chi connectivity index (χ2n) is 34.3. The van der Waals surface area contributed by atoms with E-state index in [-0.39, 0.29) is 53.8 Å². The van der Waals surface area contributed by atoms with Crippen molar-refractivity contribution in [3.63, 3.8) is 0 Å². The van der Waals surface area contributed by atoms with Gasteiger partial charge in [0.1, 0.15) is 203 Å². The van der Waals surface area contributed by atoms with Gasteiger partial charge in [0, 0.05) is 81.3 Å². The molecule has 31 unspecified atom stereocenters. The number of aliphatic hydroxyl groups excluding tert-OH is 26. The normalized spacial score (nSPS) is 32.9. The van der Waals surface area contributed by atoms with Crippen molar-refractivity contribution in [3.8, 4) is 0 Å². The van der Waals surface area contributed by atoms with Crippen molar-refractivity contribution in [1.29, 1.82) is 0 Å². The number of imidazole rings is 2. The van der Waals surface area contributed by atoms with Gasteiger partial charge in [0.25, 0.3) is 0 Å². The summed E-state index contributed by atoms with van der Waals surface area (Å²) in [7, 11) is 0. The van der Waals surface area contributed by atoms with Crippen molar-refractivity contribution < 1.29 is 190 Å². The van der Waals surface area contributed by atoms with Crippen LogP contribution in [0.1, 0.15) is 157 Å². The monoisotopic (exact) mass is 2110 g/mol. The van der Waals surface area contributed by atoms with Gasteiger partial charge in [0.15, 0.2) is 17.3 Å². The second kappa shape index (κ2) is 68.9. The van der Waals surface area contributed by atoms with Crippen LogP contribution in [0.3, 0.4) is 0 Å². The Kier molecular flexibility index (Phi) is 62.4. The summed E-state index contributed by atoms with van der Waals surface area (Å²) in [5.41, 5.74) is 9.21. The number of aromatic amines is 3. The number of thioether (sulfide) groups is 6. The fourth-order valence-corrected chi connectivity index (χ4v) is 21.8. The standard InChI is InChI=1S/C16H27N3O6S.C15H24N2O6S.C15H27NO6S.C15H23NO6S.C13H25NO7S.C13H24O7S/c17-10(5-9-6-18-8-19-9)11(21)3-1-2-4-26-16-15(24)14(23)13(22)12(7-20)25-16;18-7-11-12(20)13(21)14(22)15(23-11)24-4-2-1-3-10(19)5-9-6-16-8-17-9;2*17-8-11-12(19)13(20)14(21)15(22-11)23-7-2-1-5-10(18)9-4-3-6-16-9;14-7(5-15)8(17)3-1-2-4-22-13-12(20)11(19)10(18)9(6-16)21-13;1-7(15)8(16)4-2-3-5-21-13-12(19)11(18)10(17)9(6-14)20-13/h6,8,10,12-16,20,22-24H,1-5,7,17H2,(H,18,19);6,8,11-15,18,20-22H,1-5,7H2,(H,16,17);9,11-17,19-21H,1-8H2;3-4,6,11-17,19-21H,1-2,5,7-8H2;7,9-13,15-16,18-20H,1-6,14H2;7,9-15,17-19H,2-6H2,1H3/t10-,12?,13?,14?,15?,16?;;;;2*7-,9?,10?,11?,12?,13?/m1...00/s1. The smallest absolute Gasteiger partial charge is 0.178 e. The highest BCUT2D eigenvalue weighted by Crippen LogP contribution is 2.36. The van der Waals surface area contributed by atoms with Crippen molar-refractivity contribution in [3.05, 3.63) is 60.5 Å². The first-order chi connectivity index (χ1) is 66.3. The topological polar surface area (TPSA) is 821 Å². The number of ether oxygens (including phenoxy) is 6. The van der Waals surface area contributed by atoms with Crippen LogP contribution in [0.25, 0.3) is 0 Å². The van der Waals surface area contributed by atoms with Crippen LogP contribution >= 0.6 is 70.6 Å². The summed E-state index contributed by atoms with van der Waals surface area (Å²) in [6.07, 6.45) is -7.98. The number of hydrogen-bond donors (Lipinski definition) is 32. The molecule has 7 aliphatic rings. The number of unbranched alkanes of at least 4 members (excludes halogenated alkanes) is 6. The first-order valence-corrected chi connectivity index (χ1v) is 52.9. The minimum Gasteiger partial charge on any atom is -0.394 e. The maximum absolute atomic E-state index is 12.0. The van der Waals surface area contributed by atoms with Crippen LogP contribution < -0.4 is 16.8 Å². The summed E-state index contributed by atoms with van der Waals surface area (Å²) < 4.78 is 32.3. The van der Waals surface area contributed by atoms with Gasteiger partial charge >= 0.3 is 0 Å². The molecule has 7 saturated heterocycles. The Labute approximate surface area is 831 Å². The van der Waals surface area contributed by atoms with Crippen molar-refractivity contribution in [1.82, 2.24) is 30.2 Å². The molecule has 0 spiro atoms. The molecule has 52 heteroatoms. The summed E-state index contributed by atoms with van der Waals surface area (Å²) >= 11 is 7.74. The van der Waals surface area contributed by atoms with Gasteiger partial charge in [-0.1, -0.05) is 0 Å². The number of aliphatic hydroxyl groups is 26. The van der Waals surface area contributed by atoms with Gasteiger partial charge in [-0.05, 0) is 150 Å². The second-order valence-corrected chi connectivity index (χ2v) is 41.6. The van der Waals surface area contributed by atoms with Crippen molar-refractivity contribution in [2.75, 3.05) is 87.3 Å². The predicted molar refractivity (Wildman–Crippen MR) is 511 cm³/mol. The lowest BCUT2D eigenvalue weighted by atomic mass is 10.0. The van der Waals surface area contributed by atoms with Crippen LogP contribution in [0, 0.1) is 0 Å². The zero-order valence-electron chi connectivity index (χ0n) is 77.7. The molecule has 34 N–H and O–H groups in total. The van der Waals surface area contributed by atoms with Crippen molar-refractivity contribution >= 4 is 105 Å².